The number of hydrogen-bond donors (Lipinski definition) is 0. The monoisotopic (exact) mass is 439 g/mol. The van der Waals surface area contributed by atoms with Crippen LogP contribution in [0.5, 0.6) is 0 Å². The number of amides is 1. The fourth-order valence-electron chi connectivity index (χ4n) is 2.14. The molecular weight excluding hydrogens is 429 g/mol. The summed E-state index contributed by atoms with van der Waals surface area (Å²) in [5.41, 5.74) is 0.801. The second kappa shape index (κ2) is 6.81. The van der Waals surface area contributed by atoms with E-state index in [1.54, 1.807) is 24.0 Å². The molecule has 1 aromatic rings. The molecule has 1 heterocycles. The first kappa shape index (κ1) is 16.3. The molecule has 3 nitrogen and oxygen atoms in total. The van der Waals surface area contributed by atoms with Gasteiger partial charge in [0.15, 0.2) is 5.12 Å². The first-order chi connectivity index (χ1) is 9.38. The molecule has 7 heteroatoms. The molecule has 1 aliphatic heterocycles. The highest BCUT2D eigenvalue weighted by atomic mass is 79.9. The Morgan fingerprint density at radius 3 is 2.60 bits per heavy atom. The van der Waals surface area contributed by atoms with Gasteiger partial charge in [0.25, 0.3) is 0 Å². The van der Waals surface area contributed by atoms with Crippen molar-refractivity contribution in [1.82, 2.24) is 0 Å². The predicted octanol–water partition coefficient (Wildman–Crippen LogP) is 4.50. The lowest BCUT2D eigenvalue weighted by Gasteiger charge is -2.20. The van der Waals surface area contributed by atoms with Crippen LogP contribution >= 0.6 is 55.2 Å². The second-order valence-corrected chi connectivity index (χ2v) is 7.94. The number of rotatable bonds is 3. The second-order valence-electron chi connectivity index (χ2n) is 4.60. The molecule has 2 rings (SSSR count). The van der Waals surface area contributed by atoms with E-state index in [-0.39, 0.29) is 16.9 Å². The summed E-state index contributed by atoms with van der Waals surface area (Å²) in [5.74, 6) is 0.953. The summed E-state index contributed by atoms with van der Waals surface area (Å²) in [4.78, 5) is 24.9. The zero-order valence-corrected chi connectivity index (χ0v) is 15.4. The van der Waals surface area contributed by atoms with Gasteiger partial charge in [0.2, 0.25) is 5.91 Å². The summed E-state index contributed by atoms with van der Waals surface area (Å²) in [6.45, 7) is 2.17. The van der Waals surface area contributed by atoms with E-state index in [1.807, 2.05) is 0 Å². The van der Waals surface area contributed by atoms with Crippen molar-refractivity contribution in [2.45, 2.75) is 13.3 Å². The van der Waals surface area contributed by atoms with Crippen LogP contribution in [-0.4, -0.2) is 23.3 Å². The molecule has 20 heavy (non-hydrogen) atoms. The molecule has 1 amide bonds. The maximum absolute atomic E-state index is 12.2. The first-order valence-electron chi connectivity index (χ1n) is 5.96. The molecule has 1 saturated heterocycles. The Bertz CT molecular complexity index is 544. The van der Waals surface area contributed by atoms with Crippen molar-refractivity contribution in [2.75, 3.05) is 17.2 Å². The van der Waals surface area contributed by atoms with Crippen LogP contribution < -0.4 is 4.90 Å². The van der Waals surface area contributed by atoms with Crippen molar-refractivity contribution in [3.63, 3.8) is 0 Å². The van der Waals surface area contributed by atoms with E-state index in [0.29, 0.717) is 23.7 Å². The van der Waals surface area contributed by atoms with Crippen LogP contribution in [0.15, 0.2) is 21.1 Å². The lowest BCUT2D eigenvalue weighted by molar-refractivity contribution is -0.117. The summed E-state index contributed by atoms with van der Waals surface area (Å²) >= 11 is 14.2. The quantitative estimate of drug-likeness (QED) is 0.693. The van der Waals surface area contributed by atoms with Gasteiger partial charge < -0.3 is 4.90 Å². The van der Waals surface area contributed by atoms with Crippen molar-refractivity contribution in [3.05, 3.63) is 26.1 Å². The Hall–Kier alpha value is -0.0400. The van der Waals surface area contributed by atoms with Crippen molar-refractivity contribution in [1.29, 1.82) is 0 Å². The highest BCUT2D eigenvalue weighted by molar-refractivity contribution is 9.11. The molecule has 1 aromatic carbocycles. The molecule has 1 unspecified atom stereocenters. The predicted molar refractivity (Wildman–Crippen MR) is 90.5 cm³/mol. The number of anilines is 1. The molecule has 0 N–H and O–H groups in total. The van der Waals surface area contributed by atoms with Gasteiger partial charge in [-0.2, -0.15) is 0 Å². The number of halogens is 3. The third-order valence-electron chi connectivity index (χ3n) is 2.98. The molecule has 1 fully saturated rings. The minimum Gasteiger partial charge on any atom is -0.310 e. The molecule has 108 valence electrons. The van der Waals surface area contributed by atoms with Crippen LogP contribution in [-0.2, 0) is 9.59 Å². The summed E-state index contributed by atoms with van der Waals surface area (Å²) in [7, 11) is 0. The smallest absolute Gasteiger partial charge is 0.227 e. The van der Waals surface area contributed by atoms with E-state index < -0.39 is 0 Å². The summed E-state index contributed by atoms with van der Waals surface area (Å²) < 4.78 is 1.56. The van der Waals surface area contributed by atoms with E-state index in [4.69, 9.17) is 11.6 Å². The molecule has 0 bridgehead atoms. The molecular formula is C13H12Br2ClNO2S. The fourth-order valence-corrected chi connectivity index (χ4v) is 4.93. The maximum Gasteiger partial charge on any atom is 0.227 e. The highest BCUT2D eigenvalue weighted by Crippen LogP contribution is 2.40. The lowest BCUT2D eigenvalue weighted by Crippen LogP contribution is -2.25. The first-order valence-corrected chi connectivity index (χ1v) is 8.91. The van der Waals surface area contributed by atoms with E-state index >= 15 is 0 Å². The zero-order valence-electron chi connectivity index (χ0n) is 10.7. The average Bonchev–Trinajstić information content (AvgIpc) is 2.67. The van der Waals surface area contributed by atoms with Crippen molar-refractivity contribution < 1.29 is 9.59 Å². The number of hydrogen-bond acceptors (Lipinski definition) is 3. The third-order valence-corrected chi connectivity index (χ3v) is 5.45. The minimum absolute atomic E-state index is 0.0721. The van der Waals surface area contributed by atoms with Gasteiger partial charge >= 0.3 is 0 Å². The topological polar surface area (TPSA) is 37.4 Å². The van der Waals surface area contributed by atoms with Crippen molar-refractivity contribution in [3.8, 4) is 0 Å². The summed E-state index contributed by atoms with van der Waals surface area (Å²) in [5, 5.41) is 0.688. The van der Waals surface area contributed by atoms with E-state index in [1.165, 1.54) is 11.8 Å². The minimum atomic E-state index is 0.0721. The van der Waals surface area contributed by atoms with Crippen LogP contribution in [0.1, 0.15) is 13.3 Å². The van der Waals surface area contributed by atoms with Crippen LogP contribution in [0.3, 0.4) is 0 Å². The fraction of sp³-hybridized carbons (Fsp3) is 0.385. The molecule has 1 aliphatic rings. The van der Waals surface area contributed by atoms with E-state index in [0.717, 1.165) is 14.6 Å². The van der Waals surface area contributed by atoms with E-state index in [9.17, 15) is 9.59 Å². The van der Waals surface area contributed by atoms with Gasteiger partial charge in [-0.25, -0.2) is 0 Å². The molecule has 0 aliphatic carbocycles. The van der Waals surface area contributed by atoms with Gasteiger partial charge in [-0.1, -0.05) is 23.4 Å². The number of thioether (sulfide) groups is 1. The maximum atomic E-state index is 12.2. The normalized spacial score (nSPS) is 18.7. The summed E-state index contributed by atoms with van der Waals surface area (Å²) in [6, 6.07) is 3.54. The lowest BCUT2D eigenvalue weighted by atomic mass is 10.1. The Balaban J connectivity index is 2.18. The van der Waals surface area contributed by atoms with Gasteiger partial charge in [0.1, 0.15) is 0 Å². The van der Waals surface area contributed by atoms with E-state index in [2.05, 4.69) is 31.9 Å². The largest absolute Gasteiger partial charge is 0.310 e. The van der Waals surface area contributed by atoms with Gasteiger partial charge in [-0.3, -0.25) is 9.59 Å². The number of nitrogens with zero attached hydrogens (tertiary/aromatic N) is 1. The van der Waals surface area contributed by atoms with Crippen LogP contribution in [0.2, 0.25) is 5.02 Å². The molecule has 0 spiro atoms. The average molecular weight is 442 g/mol. The standard InChI is InChI=1S/C13H12Br2ClNO2S/c1-7(18)20-6-8-2-12(19)17(5-8)13-10(14)3-9(16)4-11(13)15/h3-4,8H,2,5-6H2,1H3. The SMILES string of the molecule is CC(=O)SCC1CC(=O)N(c2c(Br)cc(Cl)cc2Br)C1. The van der Waals surface area contributed by atoms with Gasteiger partial charge in [-0.05, 0) is 49.9 Å². The Kier molecular flexibility index (Phi) is 5.56. The Labute approximate surface area is 143 Å². The van der Waals surface area contributed by atoms with Crippen LogP contribution in [0, 0.1) is 5.92 Å². The Morgan fingerprint density at radius 1 is 1.45 bits per heavy atom. The van der Waals surface area contributed by atoms with Crippen molar-refractivity contribution in [2.24, 2.45) is 5.92 Å². The zero-order chi connectivity index (χ0) is 14.9. The molecule has 0 saturated carbocycles. The van der Waals surface area contributed by atoms with Gasteiger partial charge in [0.05, 0.1) is 5.69 Å². The number of carbonyl (C=O) groups is 2. The summed E-state index contributed by atoms with van der Waals surface area (Å²) in [6.07, 6.45) is 0.474. The number of benzene rings is 1. The molecule has 0 aromatic heterocycles. The van der Waals surface area contributed by atoms with Gasteiger partial charge in [0, 0.05) is 39.6 Å². The third kappa shape index (κ3) is 3.78. The number of carbonyl (C=O) groups excluding carboxylic acids is 2. The van der Waals surface area contributed by atoms with Crippen molar-refractivity contribution >= 4 is 71.9 Å². The van der Waals surface area contributed by atoms with Crippen LogP contribution in [0.4, 0.5) is 5.69 Å². The van der Waals surface area contributed by atoms with Crippen LogP contribution in [0.25, 0.3) is 0 Å². The molecule has 1 atom stereocenters. The highest BCUT2D eigenvalue weighted by Gasteiger charge is 2.32. The Morgan fingerprint density at radius 2 is 2.05 bits per heavy atom. The van der Waals surface area contributed by atoms with Gasteiger partial charge in [-0.15, -0.1) is 0 Å². The molecule has 0 radical (unpaired) electrons.